The average molecular weight is 401 g/mol. The minimum absolute atomic E-state index is 0.00887. The molecule has 1 amide bonds. The predicted octanol–water partition coefficient (Wildman–Crippen LogP) is 4.43. The lowest BCUT2D eigenvalue weighted by Gasteiger charge is -2.12. The SMILES string of the molecule is C=CCN1C(=O)/C(=C/c2ccc([N+](=O)[O-])cc2)SC1=Nc1ccncc1Cl. The number of benzene rings is 1. The zero-order chi connectivity index (χ0) is 19.4. The van der Waals surface area contributed by atoms with Crippen molar-refractivity contribution in [3.05, 3.63) is 81.0 Å². The summed E-state index contributed by atoms with van der Waals surface area (Å²) in [6, 6.07) is 7.62. The number of hydrogen-bond donors (Lipinski definition) is 0. The van der Waals surface area contributed by atoms with Gasteiger partial charge in [-0.15, -0.1) is 6.58 Å². The van der Waals surface area contributed by atoms with Gasteiger partial charge in [0.05, 0.1) is 20.5 Å². The molecule has 0 spiro atoms. The third-order valence-electron chi connectivity index (χ3n) is 3.57. The summed E-state index contributed by atoms with van der Waals surface area (Å²) < 4.78 is 0. The number of non-ortho nitro benzene ring substituents is 1. The Morgan fingerprint density at radius 2 is 2.07 bits per heavy atom. The first-order chi connectivity index (χ1) is 13.0. The Morgan fingerprint density at radius 3 is 2.70 bits per heavy atom. The summed E-state index contributed by atoms with van der Waals surface area (Å²) in [7, 11) is 0. The van der Waals surface area contributed by atoms with Crippen molar-refractivity contribution in [2.24, 2.45) is 4.99 Å². The number of amides is 1. The second kappa shape index (κ2) is 8.15. The number of nitro benzene ring substituents is 1. The van der Waals surface area contributed by atoms with Crippen LogP contribution in [0.25, 0.3) is 6.08 Å². The number of hydrogen-bond acceptors (Lipinski definition) is 6. The number of thioether (sulfide) groups is 1. The van der Waals surface area contributed by atoms with Crippen molar-refractivity contribution in [2.45, 2.75) is 0 Å². The van der Waals surface area contributed by atoms with E-state index >= 15 is 0 Å². The van der Waals surface area contributed by atoms with E-state index in [4.69, 9.17) is 11.6 Å². The van der Waals surface area contributed by atoms with Gasteiger partial charge < -0.3 is 0 Å². The van der Waals surface area contributed by atoms with E-state index in [1.165, 1.54) is 35.0 Å². The van der Waals surface area contributed by atoms with Crippen molar-refractivity contribution in [1.29, 1.82) is 0 Å². The Hall–Kier alpha value is -2.97. The molecule has 2 heterocycles. The molecule has 9 heteroatoms. The van der Waals surface area contributed by atoms with Crippen LogP contribution in [-0.2, 0) is 4.79 Å². The Kier molecular flexibility index (Phi) is 5.68. The van der Waals surface area contributed by atoms with Gasteiger partial charge in [-0.05, 0) is 41.6 Å². The van der Waals surface area contributed by atoms with E-state index < -0.39 is 4.92 Å². The minimum Gasteiger partial charge on any atom is -0.283 e. The smallest absolute Gasteiger partial charge is 0.269 e. The van der Waals surface area contributed by atoms with Crippen LogP contribution < -0.4 is 0 Å². The number of carbonyl (C=O) groups excluding carboxylic acids is 1. The van der Waals surface area contributed by atoms with E-state index in [0.29, 0.717) is 32.9 Å². The summed E-state index contributed by atoms with van der Waals surface area (Å²) in [4.78, 5) is 33.3. The molecule has 1 saturated heterocycles. The Labute approximate surface area is 164 Å². The maximum Gasteiger partial charge on any atom is 0.269 e. The highest BCUT2D eigenvalue weighted by Crippen LogP contribution is 2.35. The zero-order valence-electron chi connectivity index (χ0n) is 13.9. The van der Waals surface area contributed by atoms with Crippen molar-refractivity contribution in [3.63, 3.8) is 0 Å². The third-order valence-corrected chi connectivity index (χ3v) is 4.87. The van der Waals surface area contributed by atoms with Gasteiger partial charge in [0.15, 0.2) is 5.17 Å². The second-order valence-electron chi connectivity index (χ2n) is 5.39. The van der Waals surface area contributed by atoms with E-state index in [1.807, 2.05) is 0 Å². The van der Waals surface area contributed by atoms with Crippen LogP contribution in [0.5, 0.6) is 0 Å². The van der Waals surface area contributed by atoms with Crippen LogP contribution in [-0.4, -0.2) is 32.4 Å². The summed E-state index contributed by atoms with van der Waals surface area (Å²) in [6.45, 7) is 3.97. The largest absolute Gasteiger partial charge is 0.283 e. The van der Waals surface area contributed by atoms with Crippen LogP contribution in [0.15, 0.2) is 65.3 Å². The summed E-state index contributed by atoms with van der Waals surface area (Å²) in [5, 5.41) is 11.6. The molecule has 0 atom stereocenters. The van der Waals surface area contributed by atoms with Gasteiger partial charge in [0.1, 0.15) is 0 Å². The highest BCUT2D eigenvalue weighted by molar-refractivity contribution is 8.18. The highest BCUT2D eigenvalue weighted by Gasteiger charge is 2.32. The predicted molar refractivity (Wildman–Crippen MR) is 107 cm³/mol. The number of nitro groups is 1. The van der Waals surface area contributed by atoms with Gasteiger partial charge in [0, 0.05) is 31.1 Å². The van der Waals surface area contributed by atoms with Crippen LogP contribution in [0.2, 0.25) is 5.02 Å². The average Bonchev–Trinajstić information content (AvgIpc) is 2.93. The minimum atomic E-state index is -0.471. The summed E-state index contributed by atoms with van der Waals surface area (Å²) >= 11 is 7.30. The number of rotatable bonds is 5. The van der Waals surface area contributed by atoms with Crippen LogP contribution in [0, 0.1) is 10.1 Å². The number of nitrogens with zero attached hydrogens (tertiary/aromatic N) is 4. The van der Waals surface area contributed by atoms with E-state index in [-0.39, 0.29) is 11.6 Å². The normalized spacial score (nSPS) is 16.9. The van der Waals surface area contributed by atoms with Crippen molar-refractivity contribution < 1.29 is 9.72 Å². The van der Waals surface area contributed by atoms with Gasteiger partial charge in [0.25, 0.3) is 11.6 Å². The summed E-state index contributed by atoms with van der Waals surface area (Å²) in [6.07, 6.45) is 6.33. The molecular formula is C18H13ClN4O3S. The molecule has 136 valence electrons. The van der Waals surface area contributed by atoms with Crippen molar-refractivity contribution in [1.82, 2.24) is 9.88 Å². The van der Waals surface area contributed by atoms with E-state index in [1.54, 1.807) is 36.5 Å². The van der Waals surface area contributed by atoms with Crippen LogP contribution in [0.4, 0.5) is 11.4 Å². The number of carbonyl (C=O) groups is 1. The van der Waals surface area contributed by atoms with Crippen molar-refractivity contribution >= 4 is 51.9 Å². The summed E-state index contributed by atoms with van der Waals surface area (Å²) in [5.74, 6) is -0.220. The number of pyridine rings is 1. The molecule has 0 N–H and O–H groups in total. The fraction of sp³-hybridized carbons (Fsp3) is 0.0556. The maximum absolute atomic E-state index is 12.7. The van der Waals surface area contributed by atoms with Gasteiger partial charge in [-0.2, -0.15) is 0 Å². The summed E-state index contributed by atoms with van der Waals surface area (Å²) in [5.41, 5.74) is 1.18. The monoisotopic (exact) mass is 400 g/mol. The molecule has 1 fully saturated rings. The number of halogens is 1. The molecule has 3 rings (SSSR count). The molecule has 2 aromatic rings. The molecule has 0 bridgehead atoms. The second-order valence-corrected chi connectivity index (χ2v) is 6.80. The molecular weight excluding hydrogens is 388 g/mol. The molecule has 0 aliphatic carbocycles. The van der Waals surface area contributed by atoms with E-state index in [9.17, 15) is 14.9 Å². The van der Waals surface area contributed by atoms with Gasteiger partial charge >= 0.3 is 0 Å². The Morgan fingerprint density at radius 1 is 1.33 bits per heavy atom. The van der Waals surface area contributed by atoms with Gasteiger partial charge in [-0.3, -0.25) is 24.8 Å². The van der Waals surface area contributed by atoms with Gasteiger partial charge in [0.2, 0.25) is 0 Å². The lowest BCUT2D eigenvalue weighted by molar-refractivity contribution is -0.384. The Balaban J connectivity index is 1.94. The molecule has 1 aliphatic rings. The van der Waals surface area contributed by atoms with E-state index in [0.717, 1.165) is 0 Å². The fourth-order valence-corrected chi connectivity index (χ4v) is 3.45. The van der Waals surface area contributed by atoms with Gasteiger partial charge in [-0.25, -0.2) is 4.99 Å². The first-order valence-corrected chi connectivity index (χ1v) is 8.94. The quantitative estimate of drug-likeness (QED) is 0.320. The molecule has 1 aromatic heterocycles. The fourth-order valence-electron chi connectivity index (χ4n) is 2.29. The maximum atomic E-state index is 12.7. The number of aromatic nitrogens is 1. The lowest BCUT2D eigenvalue weighted by Crippen LogP contribution is -2.29. The molecule has 1 aromatic carbocycles. The van der Waals surface area contributed by atoms with Crippen LogP contribution >= 0.6 is 23.4 Å². The number of amidine groups is 1. The molecule has 27 heavy (non-hydrogen) atoms. The Bertz CT molecular complexity index is 973. The first-order valence-electron chi connectivity index (χ1n) is 7.74. The molecule has 7 nitrogen and oxygen atoms in total. The highest BCUT2D eigenvalue weighted by atomic mass is 35.5. The van der Waals surface area contributed by atoms with Crippen molar-refractivity contribution in [3.8, 4) is 0 Å². The lowest BCUT2D eigenvalue weighted by atomic mass is 10.2. The zero-order valence-corrected chi connectivity index (χ0v) is 15.5. The topological polar surface area (TPSA) is 88.7 Å². The molecule has 0 unspecified atom stereocenters. The molecule has 0 radical (unpaired) electrons. The number of aliphatic imine (C=N–C) groups is 1. The third kappa shape index (κ3) is 4.24. The van der Waals surface area contributed by atoms with Crippen LogP contribution in [0.3, 0.4) is 0 Å². The van der Waals surface area contributed by atoms with Crippen molar-refractivity contribution in [2.75, 3.05) is 6.54 Å². The standard InChI is InChI=1S/C18H13ClN4O3S/c1-2-9-22-17(24)16(10-12-3-5-13(6-4-12)23(25)26)27-18(22)21-15-7-8-20-11-14(15)19/h2-8,10-11H,1,9H2/b16-10-,21-18?. The molecule has 1 aliphatic heterocycles. The van der Waals surface area contributed by atoms with Gasteiger partial charge in [-0.1, -0.05) is 17.7 Å². The van der Waals surface area contributed by atoms with Crippen LogP contribution in [0.1, 0.15) is 5.56 Å². The first kappa shape index (κ1) is 18.8. The van der Waals surface area contributed by atoms with E-state index in [2.05, 4.69) is 16.6 Å². The molecule has 0 saturated carbocycles.